The zero-order chi connectivity index (χ0) is 36.6. The summed E-state index contributed by atoms with van der Waals surface area (Å²) in [6.07, 6.45) is 0. The van der Waals surface area contributed by atoms with Crippen LogP contribution >= 0.6 is 0 Å². The lowest BCUT2D eigenvalue weighted by molar-refractivity contribution is 1.15. The van der Waals surface area contributed by atoms with Crippen LogP contribution in [0.2, 0.25) is 0 Å². The molecular formula is C50H29N5. The van der Waals surface area contributed by atoms with Crippen LogP contribution < -0.4 is 0 Å². The number of fused-ring (bicyclic) bond motifs is 9. The van der Waals surface area contributed by atoms with Crippen LogP contribution in [0.5, 0.6) is 0 Å². The van der Waals surface area contributed by atoms with Gasteiger partial charge in [-0.3, -0.25) is 0 Å². The van der Waals surface area contributed by atoms with E-state index in [1.165, 1.54) is 32.6 Å². The first kappa shape index (κ1) is 30.7. The van der Waals surface area contributed by atoms with Crippen molar-refractivity contribution in [1.29, 1.82) is 10.5 Å². The average Bonchev–Trinajstić information content (AvgIpc) is 3.89. The molecule has 8 aromatic carbocycles. The van der Waals surface area contributed by atoms with Gasteiger partial charge in [-0.2, -0.15) is 10.5 Å². The van der Waals surface area contributed by atoms with Gasteiger partial charge in [-0.1, -0.05) is 109 Å². The van der Waals surface area contributed by atoms with Crippen LogP contribution in [0.25, 0.3) is 93.6 Å². The van der Waals surface area contributed by atoms with Gasteiger partial charge < -0.3 is 13.7 Å². The van der Waals surface area contributed by atoms with Crippen LogP contribution in [0, 0.1) is 22.7 Å². The van der Waals surface area contributed by atoms with Gasteiger partial charge in [0.1, 0.15) is 6.07 Å². The number of hydrogen-bond acceptors (Lipinski definition) is 2. The smallest absolute Gasteiger partial charge is 0.101 e. The summed E-state index contributed by atoms with van der Waals surface area (Å²) in [6, 6.07) is 66.0. The lowest BCUT2D eigenvalue weighted by Crippen LogP contribution is -2.01. The molecule has 3 aromatic heterocycles. The van der Waals surface area contributed by atoms with Gasteiger partial charge in [0.2, 0.25) is 0 Å². The number of para-hydroxylation sites is 5. The molecule has 55 heavy (non-hydrogen) atoms. The second-order valence-electron chi connectivity index (χ2n) is 14.0. The van der Waals surface area contributed by atoms with Gasteiger partial charge in [0, 0.05) is 49.3 Å². The number of aromatic nitrogens is 3. The van der Waals surface area contributed by atoms with Crippen molar-refractivity contribution in [1.82, 2.24) is 13.7 Å². The normalized spacial score (nSPS) is 11.6. The molecule has 0 bridgehead atoms. The van der Waals surface area contributed by atoms with Gasteiger partial charge >= 0.3 is 0 Å². The van der Waals surface area contributed by atoms with Crippen LogP contribution in [0.15, 0.2) is 176 Å². The van der Waals surface area contributed by atoms with Gasteiger partial charge in [0.15, 0.2) is 0 Å². The molecule has 0 amide bonds. The molecule has 0 radical (unpaired) electrons. The van der Waals surface area contributed by atoms with Crippen LogP contribution in [0.1, 0.15) is 11.1 Å². The molecule has 3 heterocycles. The molecule has 5 heteroatoms. The third-order valence-electron chi connectivity index (χ3n) is 11.1. The summed E-state index contributed by atoms with van der Waals surface area (Å²) in [5, 5.41) is 27.4. The Kier molecular flexibility index (Phi) is 6.61. The lowest BCUT2D eigenvalue weighted by Gasteiger charge is -2.17. The average molecular weight is 700 g/mol. The van der Waals surface area contributed by atoms with E-state index in [-0.39, 0.29) is 0 Å². The first-order valence-corrected chi connectivity index (χ1v) is 18.3. The van der Waals surface area contributed by atoms with E-state index in [1.54, 1.807) is 0 Å². The van der Waals surface area contributed by atoms with Crippen LogP contribution in [-0.4, -0.2) is 13.7 Å². The Labute approximate surface area is 316 Å². The first-order chi connectivity index (χ1) is 27.2. The highest BCUT2D eigenvalue weighted by molar-refractivity contribution is 6.13. The summed E-state index contributed by atoms with van der Waals surface area (Å²) in [5.74, 6) is 0. The molecule has 0 N–H and O–H groups in total. The maximum Gasteiger partial charge on any atom is 0.101 e. The van der Waals surface area contributed by atoms with E-state index in [4.69, 9.17) is 0 Å². The predicted molar refractivity (Wildman–Crippen MR) is 224 cm³/mol. The SMILES string of the molecule is N#Cc1cccc(-c2cccc(-n3c4ccccc4c4ccc(-n5c6ccccc6c6ccccc65)cc43)c2)c1-n1c2ccccc2c2c(C#N)cccc21. The molecule has 0 fully saturated rings. The summed E-state index contributed by atoms with van der Waals surface area (Å²) in [7, 11) is 0. The molecule has 0 atom stereocenters. The van der Waals surface area contributed by atoms with E-state index in [1.807, 2.05) is 42.5 Å². The first-order valence-electron chi connectivity index (χ1n) is 18.3. The van der Waals surface area contributed by atoms with Crippen molar-refractivity contribution in [2.45, 2.75) is 0 Å². The second-order valence-corrected chi connectivity index (χ2v) is 14.0. The van der Waals surface area contributed by atoms with Gasteiger partial charge in [-0.05, 0) is 72.3 Å². The van der Waals surface area contributed by atoms with Gasteiger partial charge in [0.25, 0.3) is 0 Å². The molecule has 0 aliphatic heterocycles. The van der Waals surface area contributed by atoms with Gasteiger partial charge in [-0.25, -0.2) is 0 Å². The topological polar surface area (TPSA) is 62.4 Å². The van der Waals surface area contributed by atoms with Crippen LogP contribution in [-0.2, 0) is 0 Å². The van der Waals surface area contributed by atoms with E-state index < -0.39 is 0 Å². The number of nitriles is 2. The number of nitrogens with zero attached hydrogens (tertiary/aromatic N) is 5. The maximum absolute atomic E-state index is 10.6. The van der Waals surface area contributed by atoms with Crippen molar-refractivity contribution in [3.8, 4) is 40.3 Å². The van der Waals surface area contributed by atoms with E-state index in [9.17, 15) is 10.5 Å². The molecule has 0 spiro atoms. The van der Waals surface area contributed by atoms with Gasteiger partial charge in [0.05, 0.1) is 56.0 Å². The summed E-state index contributed by atoms with van der Waals surface area (Å²) >= 11 is 0. The zero-order valence-corrected chi connectivity index (χ0v) is 29.5. The van der Waals surface area contributed by atoms with Crippen molar-refractivity contribution in [2.75, 3.05) is 0 Å². The Bertz CT molecular complexity index is 3420. The van der Waals surface area contributed by atoms with Crippen LogP contribution in [0.4, 0.5) is 0 Å². The Morgan fingerprint density at radius 2 is 0.836 bits per heavy atom. The lowest BCUT2D eigenvalue weighted by atomic mass is 9.99. The summed E-state index contributed by atoms with van der Waals surface area (Å²) in [5.41, 5.74) is 12.4. The molecule has 254 valence electrons. The minimum absolute atomic E-state index is 0.556. The minimum atomic E-state index is 0.556. The van der Waals surface area contributed by atoms with Crippen molar-refractivity contribution in [2.24, 2.45) is 0 Å². The predicted octanol–water partition coefficient (Wildman–Crippen LogP) is 12.4. The number of benzene rings is 8. The largest absolute Gasteiger partial charge is 0.309 e. The minimum Gasteiger partial charge on any atom is -0.309 e. The van der Waals surface area contributed by atoms with Crippen molar-refractivity contribution in [3.63, 3.8) is 0 Å². The quantitative estimate of drug-likeness (QED) is 0.184. The highest BCUT2D eigenvalue weighted by Crippen LogP contribution is 2.41. The van der Waals surface area contributed by atoms with E-state index >= 15 is 0 Å². The third-order valence-corrected chi connectivity index (χ3v) is 11.1. The Hall–Kier alpha value is -7.86. The summed E-state index contributed by atoms with van der Waals surface area (Å²) < 4.78 is 6.88. The number of rotatable bonds is 4. The molecule has 0 saturated carbocycles. The third kappa shape index (κ3) is 4.39. The van der Waals surface area contributed by atoms with Crippen molar-refractivity contribution in [3.05, 3.63) is 187 Å². The van der Waals surface area contributed by atoms with E-state index in [2.05, 4.69) is 159 Å². The monoisotopic (exact) mass is 699 g/mol. The maximum atomic E-state index is 10.6. The fraction of sp³-hybridized carbons (Fsp3) is 0. The second kappa shape index (κ2) is 11.8. The highest BCUT2D eigenvalue weighted by Gasteiger charge is 2.21. The Balaban J connectivity index is 1.17. The van der Waals surface area contributed by atoms with Gasteiger partial charge in [-0.15, -0.1) is 0 Å². The molecule has 0 aliphatic rings. The summed E-state index contributed by atoms with van der Waals surface area (Å²) in [6.45, 7) is 0. The molecule has 0 aliphatic carbocycles. The van der Waals surface area contributed by atoms with E-state index in [0.717, 1.165) is 61.0 Å². The summed E-state index contributed by atoms with van der Waals surface area (Å²) in [4.78, 5) is 0. The highest BCUT2D eigenvalue weighted by atomic mass is 15.0. The number of hydrogen-bond donors (Lipinski definition) is 0. The van der Waals surface area contributed by atoms with Crippen molar-refractivity contribution < 1.29 is 0 Å². The molecule has 0 unspecified atom stereocenters. The molecule has 0 saturated heterocycles. The Morgan fingerprint density at radius 1 is 0.345 bits per heavy atom. The zero-order valence-electron chi connectivity index (χ0n) is 29.5. The molecular weight excluding hydrogens is 671 g/mol. The fourth-order valence-corrected chi connectivity index (χ4v) is 8.85. The molecule has 5 nitrogen and oxygen atoms in total. The van der Waals surface area contributed by atoms with E-state index in [0.29, 0.717) is 11.1 Å². The fourth-order valence-electron chi connectivity index (χ4n) is 8.85. The van der Waals surface area contributed by atoms with Crippen molar-refractivity contribution >= 4 is 65.4 Å². The molecule has 11 rings (SSSR count). The molecule has 11 aromatic rings. The standard InChI is InChI=1S/C50H29N5/c51-30-33-13-11-25-47-49(33)42-19-4-8-24-46(42)55(47)50-34(31-52)14-10-20-37(50)32-12-9-15-35(28-32)54-45-23-7-3-18-40(45)41-27-26-36(29-48(41)54)53-43-21-5-1-16-38(43)39-17-2-6-22-44(39)53/h1-29H. The Morgan fingerprint density at radius 3 is 1.49 bits per heavy atom. The van der Waals surface area contributed by atoms with Crippen LogP contribution in [0.3, 0.4) is 0 Å².